The number of para-hydroxylation sites is 2. The molecule has 26 heavy (non-hydrogen) atoms. The van der Waals surface area contributed by atoms with Crippen molar-refractivity contribution in [3.63, 3.8) is 0 Å². The molecule has 3 N–H and O–H groups in total. The van der Waals surface area contributed by atoms with Crippen molar-refractivity contribution >= 4 is 28.9 Å². The van der Waals surface area contributed by atoms with Gasteiger partial charge in [-0.05, 0) is 30.7 Å². The lowest BCUT2D eigenvalue weighted by molar-refractivity contribution is -0.121. The van der Waals surface area contributed by atoms with Gasteiger partial charge in [-0.2, -0.15) is 0 Å². The quantitative estimate of drug-likeness (QED) is 0.613. The maximum atomic E-state index is 12.1. The van der Waals surface area contributed by atoms with Gasteiger partial charge in [-0.15, -0.1) is 0 Å². The van der Waals surface area contributed by atoms with Crippen molar-refractivity contribution in [3.05, 3.63) is 42.5 Å². The highest BCUT2D eigenvalue weighted by atomic mass is 16.5. The van der Waals surface area contributed by atoms with Crippen LogP contribution in [0.1, 0.15) is 12.8 Å². The topological polar surface area (TPSA) is 93.9 Å². The molecule has 3 rings (SSSR count). The van der Waals surface area contributed by atoms with Crippen LogP contribution in [0.2, 0.25) is 0 Å². The third-order valence-corrected chi connectivity index (χ3v) is 4.05. The molecule has 1 aliphatic rings. The molecule has 0 radical (unpaired) electrons. The Kier molecular flexibility index (Phi) is 5.26. The number of anilines is 3. The number of benzene rings is 2. The highest BCUT2D eigenvalue weighted by Gasteiger charge is 2.22. The summed E-state index contributed by atoms with van der Waals surface area (Å²) in [4.78, 5) is 25.2. The van der Waals surface area contributed by atoms with E-state index < -0.39 is 0 Å². The van der Waals surface area contributed by atoms with Gasteiger partial charge in [0, 0.05) is 25.2 Å². The van der Waals surface area contributed by atoms with E-state index in [0.717, 1.165) is 0 Å². The molecule has 136 valence electrons. The van der Waals surface area contributed by atoms with Crippen molar-refractivity contribution in [2.24, 2.45) is 0 Å². The molecular weight excluding hydrogens is 334 g/mol. The Morgan fingerprint density at radius 3 is 2.92 bits per heavy atom. The number of nitrogens with two attached hydrogens (primary N) is 1. The van der Waals surface area contributed by atoms with Gasteiger partial charge in [0.25, 0.3) is 5.91 Å². The summed E-state index contributed by atoms with van der Waals surface area (Å²) >= 11 is 0. The van der Waals surface area contributed by atoms with E-state index in [-0.39, 0.29) is 18.4 Å². The Balaban J connectivity index is 1.48. The van der Waals surface area contributed by atoms with Gasteiger partial charge in [0.1, 0.15) is 11.5 Å². The van der Waals surface area contributed by atoms with Gasteiger partial charge in [0.05, 0.1) is 18.0 Å². The van der Waals surface area contributed by atoms with E-state index >= 15 is 0 Å². The molecule has 7 heteroatoms. The lowest BCUT2D eigenvalue weighted by atomic mass is 10.2. The summed E-state index contributed by atoms with van der Waals surface area (Å²) in [5.74, 6) is 0.981. The van der Waals surface area contributed by atoms with Gasteiger partial charge in [-0.25, -0.2) is 0 Å². The van der Waals surface area contributed by atoms with Crippen molar-refractivity contribution in [2.75, 3.05) is 36.2 Å². The van der Waals surface area contributed by atoms with Crippen LogP contribution in [0.4, 0.5) is 17.1 Å². The number of carbonyl (C=O) groups excluding carboxylic acids is 2. The largest absolute Gasteiger partial charge is 0.491 e. The summed E-state index contributed by atoms with van der Waals surface area (Å²) in [6.07, 6.45) is 0.891. The van der Waals surface area contributed by atoms with Crippen molar-refractivity contribution in [1.29, 1.82) is 0 Å². The number of nitrogens with zero attached hydrogens (tertiary/aromatic N) is 1. The monoisotopic (exact) mass is 355 g/mol. The fourth-order valence-electron chi connectivity index (χ4n) is 2.61. The fourth-order valence-corrected chi connectivity index (χ4v) is 2.61. The number of likely N-dealkylation sites (N-methyl/N-ethyl adjacent to an activating group) is 1. The molecule has 0 saturated carbocycles. The first-order valence-electron chi connectivity index (χ1n) is 8.35. The van der Waals surface area contributed by atoms with Crippen molar-refractivity contribution in [1.82, 2.24) is 0 Å². The number of nitrogen functional groups attached to an aromatic ring is 1. The maximum Gasteiger partial charge on any atom is 0.264 e. The Morgan fingerprint density at radius 2 is 2.12 bits per heavy atom. The molecule has 0 aromatic heterocycles. The van der Waals surface area contributed by atoms with E-state index in [1.165, 1.54) is 4.90 Å². The molecular formula is C19H21N3O4. The first-order chi connectivity index (χ1) is 12.5. The molecule has 7 nitrogen and oxygen atoms in total. The molecule has 0 unspecified atom stereocenters. The zero-order chi connectivity index (χ0) is 18.5. The van der Waals surface area contributed by atoms with Gasteiger partial charge in [-0.1, -0.05) is 12.1 Å². The highest BCUT2D eigenvalue weighted by Crippen LogP contribution is 2.33. The molecule has 2 aromatic carbocycles. The Morgan fingerprint density at radius 1 is 1.31 bits per heavy atom. The molecule has 0 fully saturated rings. The highest BCUT2D eigenvalue weighted by molar-refractivity contribution is 5.98. The maximum absolute atomic E-state index is 12.1. The summed E-state index contributed by atoms with van der Waals surface area (Å²) in [6.45, 7) is 0.405. The standard InChI is InChI=1S/C19H21N3O4/c1-22-15-9-8-13(11-17(15)26-12-19(22)24)21-18(23)7-4-10-25-16-6-3-2-5-14(16)20/h2-3,5-6,8-9,11H,4,7,10,12,20H2,1H3,(H,21,23). The van der Waals surface area contributed by atoms with Crippen LogP contribution in [-0.4, -0.2) is 32.1 Å². The molecule has 1 aliphatic heterocycles. The zero-order valence-electron chi connectivity index (χ0n) is 14.5. The van der Waals surface area contributed by atoms with Gasteiger partial charge in [-0.3, -0.25) is 9.59 Å². The summed E-state index contributed by atoms with van der Waals surface area (Å²) in [6, 6.07) is 12.5. The van der Waals surface area contributed by atoms with Crippen LogP contribution in [0.5, 0.6) is 11.5 Å². The molecule has 0 aliphatic carbocycles. The number of nitrogens with one attached hydrogen (secondary N) is 1. The second-order valence-corrected chi connectivity index (χ2v) is 5.96. The molecule has 0 atom stereocenters. The minimum Gasteiger partial charge on any atom is -0.491 e. The third-order valence-electron chi connectivity index (χ3n) is 4.05. The minimum atomic E-state index is -0.116. The number of ether oxygens (including phenoxy) is 2. The Bertz CT molecular complexity index is 822. The van der Waals surface area contributed by atoms with Crippen molar-refractivity contribution in [2.45, 2.75) is 12.8 Å². The lowest BCUT2D eigenvalue weighted by Crippen LogP contribution is -2.35. The average molecular weight is 355 g/mol. The fraction of sp³-hybridized carbons (Fsp3) is 0.263. The molecule has 2 amide bonds. The number of carbonyl (C=O) groups is 2. The van der Waals surface area contributed by atoms with Crippen LogP contribution in [0.25, 0.3) is 0 Å². The zero-order valence-corrected chi connectivity index (χ0v) is 14.5. The van der Waals surface area contributed by atoms with E-state index in [1.54, 1.807) is 37.4 Å². The van der Waals surface area contributed by atoms with Crippen LogP contribution in [-0.2, 0) is 9.59 Å². The van der Waals surface area contributed by atoms with Crippen LogP contribution < -0.4 is 25.4 Å². The van der Waals surface area contributed by atoms with Crippen LogP contribution in [0.3, 0.4) is 0 Å². The van der Waals surface area contributed by atoms with E-state index in [1.807, 2.05) is 12.1 Å². The molecule has 1 heterocycles. The van der Waals surface area contributed by atoms with E-state index in [0.29, 0.717) is 48.0 Å². The predicted molar refractivity (Wildman–Crippen MR) is 99.6 cm³/mol. The van der Waals surface area contributed by atoms with E-state index in [2.05, 4.69) is 5.32 Å². The Hall–Kier alpha value is -3.22. The predicted octanol–water partition coefficient (Wildman–Crippen LogP) is 2.42. The molecule has 0 saturated heterocycles. The number of fused-ring (bicyclic) bond motifs is 1. The first kappa shape index (κ1) is 17.6. The van der Waals surface area contributed by atoms with Gasteiger partial charge in [0.15, 0.2) is 6.61 Å². The number of hydrogen-bond donors (Lipinski definition) is 2. The molecule has 0 bridgehead atoms. The first-order valence-corrected chi connectivity index (χ1v) is 8.35. The van der Waals surface area contributed by atoms with Gasteiger partial charge < -0.3 is 25.4 Å². The molecule has 0 spiro atoms. The van der Waals surface area contributed by atoms with Crippen molar-refractivity contribution in [3.8, 4) is 11.5 Å². The summed E-state index contributed by atoms with van der Waals surface area (Å²) < 4.78 is 11.0. The SMILES string of the molecule is CN1C(=O)COc2cc(NC(=O)CCCOc3ccccc3N)ccc21. The lowest BCUT2D eigenvalue weighted by Gasteiger charge is -2.26. The van der Waals surface area contributed by atoms with Crippen LogP contribution >= 0.6 is 0 Å². The molecule has 2 aromatic rings. The smallest absolute Gasteiger partial charge is 0.264 e. The average Bonchev–Trinajstić information content (AvgIpc) is 2.63. The number of rotatable bonds is 6. The summed E-state index contributed by atoms with van der Waals surface area (Å²) in [7, 11) is 1.70. The second kappa shape index (κ2) is 7.77. The number of hydrogen-bond acceptors (Lipinski definition) is 5. The van der Waals surface area contributed by atoms with Gasteiger partial charge in [0.2, 0.25) is 5.91 Å². The van der Waals surface area contributed by atoms with Gasteiger partial charge >= 0.3 is 0 Å². The number of amides is 2. The minimum absolute atomic E-state index is 0.000849. The second-order valence-electron chi connectivity index (χ2n) is 5.96. The van der Waals surface area contributed by atoms with Crippen molar-refractivity contribution < 1.29 is 19.1 Å². The Labute approximate surface area is 151 Å². The summed E-state index contributed by atoms with van der Waals surface area (Å²) in [5.41, 5.74) is 7.69. The van der Waals surface area contributed by atoms with E-state index in [9.17, 15) is 9.59 Å². The van der Waals surface area contributed by atoms with Crippen LogP contribution in [0.15, 0.2) is 42.5 Å². The summed E-state index contributed by atoms with van der Waals surface area (Å²) in [5, 5.41) is 2.83. The normalized spacial score (nSPS) is 13.0. The third kappa shape index (κ3) is 4.05. The van der Waals surface area contributed by atoms with Crippen LogP contribution in [0, 0.1) is 0 Å². The van der Waals surface area contributed by atoms with E-state index in [4.69, 9.17) is 15.2 Å².